The molecule has 2 aliphatic heterocycles. The summed E-state index contributed by atoms with van der Waals surface area (Å²) in [6, 6.07) is 14.1. The van der Waals surface area contributed by atoms with Crippen LogP contribution in [0.3, 0.4) is 0 Å². The Labute approximate surface area is 264 Å². The summed E-state index contributed by atoms with van der Waals surface area (Å²) in [7, 11) is 0. The first-order valence-corrected chi connectivity index (χ1v) is 15.8. The summed E-state index contributed by atoms with van der Waals surface area (Å²) in [6.07, 6.45) is 6.19. The van der Waals surface area contributed by atoms with Gasteiger partial charge in [-0.15, -0.1) is 11.6 Å². The molecule has 0 radical (unpaired) electrons. The molecule has 5 rings (SSSR count). The van der Waals surface area contributed by atoms with Gasteiger partial charge in [0.15, 0.2) is 0 Å². The van der Waals surface area contributed by atoms with Crippen molar-refractivity contribution in [3.05, 3.63) is 60.4 Å². The van der Waals surface area contributed by atoms with Crippen LogP contribution in [-0.4, -0.2) is 94.7 Å². The Kier molecular flexibility index (Phi) is 10.8. The van der Waals surface area contributed by atoms with Crippen molar-refractivity contribution < 1.29 is 14.3 Å². The Morgan fingerprint density at radius 2 is 1.91 bits per heavy atom. The standard InChI is InChI=1S/C32H41ClN8O3/c1-23(2)44-32(43)40-17-15-39(16-18-40)22-30(42)34-12-10-27-7-4-14-41(27)29-9-8-25(21-36-29)28-11-13-35-31(38-28)37-26-6-3-5-24(19-26)20-33/h3,5-6,8-9,11,13,19,21,23,27H,4,7,10,12,14-18,20,22H2,1-2H3,(H,34,42)(H,35,37,38). The fourth-order valence-electron chi connectivity index (χ4n) is 5.59. The fourth-order valence-corrected chi connectivity index (χ4v) is 5.75. The van der Waals surface area contributed by atoms with Crippen LogP contribution >= 0.6 is 11.6 Å². The van der Waals surface area contributed by atoms with Gasteiger partial charge in [0.2, 0.25) is 11.9 Å². The molecule has 2 aromatic heterocycles. The van der Waals surface area contributed by atoms with Crippen LogP contribution in [-0.2, 0) is 15.4 Å². The van der Waals surface area contributed by atoms with Gasteiger partial charge in [0.25, 0.3) is 0 Å². The maximum Gasteiger partial charge on any atom is 0.410 e. The molecule has 1 atom stereocenters. The highest BCUT2D eigenvalue weighted by Crippen LogP contribution is 2.27. The number of anilines is 3. The van der Waals surface area contributed by atoms with Crippen LogP contribution in [0, 0.1) is 0 Å². The van der Waals surface area contributed by atoms with Crippen LogP contribution in [0.15, 0.2) is 54.9 Å². The number of ether oxygens (including phenoxy) is 1. The van der Waals surface area contributed by atoms with Gasteiger partial charge in [0.1, 0.15) is 5.82 Å². The molecule has 12 heteroatoms. The topological polar surface area (TPSA) is 116 Å². The number of benzene rings is 1. The van der Waals surface area contributed by atoms with E-state index < -0.39 is 0 Å². The molecular formula is C32H41ClN8O3. The van der Waals surface area contributed by atoms with Crippen molar-refractivity contribution >= 4 is 41.1 Å². The summed E-state index contributed by atoms with van der Waals surface area (Å²) in [4.78, 5) is 44.6. The maximum atomic E-state index is 12.6. The zero-order valence-electron chi connectivity index (χ0n) is 25.4. The number of piperazine rings is 1. The van der Waals surface area contributed by atoms with E-state index in [1.54, 1.807) is 11.1 Å². The first kappa shape index (κ1) is 31.5. The molecule has 0 saturated carbocycles. The molecule has 2 aliphatic rings. The molecule has 1 aromatic carbocycles. The third-order valence-electron chi connectivity index (χ3n) is 7.84. The number of halogens is 1. The average molecular weight is 621 g/mol. The highest BCUT2D eigenvalue weighted by Gasteiger charge is 2.26. The summed E-state index contributed by atoms with van der Waals surface area (Å²) in [5, 5.41) is 6.34. The number of nitrogens with one attached hydrogen (secondary N) is 2. The molecule has 44 heavy (non-hydrogen) atoms. The number of hydrogen-bond acceptors (Lipinski definition) is 9. The quantitative estimate of drug-likeness (QED) is 0.295. The van der Waals surface area contributed by atoms with Gasteiger partial charge < -0.3 is 25.2 Å². The lowest BCUT2D eigenvalue weighted by Crippen LogP contribution is -2.51. The maximum absolute atomic E-state index is 12.6. The number of rotatable bonds is 11. The van der Waals surface area contributed by atoms with Crippen molar-refractivity contribution in [2.75, 3.05) is 56.0 Å². The number of carbonyl (C=O) groups is 2. The summed E-state index contributed by atoms with van der Waals surface area (Å²) >= 11 is 5.97. The Balaban J connectivity index is 1.08. The van der Waals surface area contributed by atoms with Gasteiger partial charge in [0, 0.05) is 74.8 Å². The first-order valence-electron chi connectivity index (χ1n) is 15.3. The van der Waals surface area contributed by atoms with E-state index in [1.165, 1.54) is 0 Å². The van der Waals surface area contributed by atoms with Gasteiger partial charge in [-0.1, -0.05) is 12.1 Å². The number of alkyl halides is 1. The molecule has 0 aliphatic carbocycles. The fraction of sp³-hybridized carbons (Fsp3) is 0.469. The van der Waals surface area contributed by atoms with Crippen molar-refractivity contribution in [1.82, 2.24) is 30.1 Å². The van der Waals surface area contributed by atoms with Gasteiger partial charge in [-0.3, -0.25) is 9.69 Å². The predicted octanol–water partition coefficient (Wildman–Crippen LogP) is 4.66. The van der Waals surface area contributed by atoms with Gasteiger partial charge >= 0.3 is 6.09 Å². The van der Waals surface area contributed by atoms with E-state index in [0.717, 1.165) is 54.1 Å². The van der Waals surface area contributed by atoms with Crippen molar-refractivity contribution in [2.24, 2.45) is 0 Å². The smallest absolute Gasteiger partial charge is 0.410 e. The SMILES string of the molecule is CC(C)OC(=O)N1CCN(CC(=O)NCCC2CCCN2c2ccc(-c3ccnc(Nc4cccc(CCl)c4)n3)cn2)CC1. The van der Waals surface area contributed by atoms with E-state index in [9.17, 15) is 9.59 Å². The highest BCUT2D eigenvalue weighted by molar-refractivity contribution is 6.17. The van der Waals surface area contributed by atoms with Crippen LogP contribution in [0.25, 0.3) is 11.3 Å². The third-order valence-corrected chi connectivity index (χ3v) is 8.15. The normalized spacial score (nSPS) is 17.1. The minimum Gasteiger partial charge on any atom is -0.447 e. The molecule has 0 bridgehead atoms. The Morgan fingerprint density at radius 3 is 2.66 bits per heavy atom. The Bertz CT molecular complexity index is 1400. The summed E-state index contributed by atoms with van der Waals surface area (Å²) in [5.41, 5.74) is 3.60. The van der Waals surface area contributed by atoms with Crippen LogP contribution in [0.1, 0.15) is 38.7 Å². The monoisotopic (exact) mass is 620 g/mol. The minimum atomic E-state index is -0.282. The van der Waals surface area contributed by atoms with Crippen molar-refractivity contribution in [1.29, 1.82) is 0 Å². The van der Waals surface area contributed by atoms with E-state index in [0.29, 0.717) is 57.1 Å². The van der Waals surface area contributed by atoms with Crippen LogP contribution in [0.5, 0.6) is 0 Å². The largest absolute Gasteiger partial charge is 0.447 e. The molecule has 2 N–H and O–H groups in total. The first-order chi connectivity index (χ1) is 21.4. The van der Waals surface area contributed by atoms with Crippen molar-refractivity contribution in [2.45, 2.75) is 51.1 Å². The number of pyridine rings is 1. The van der Waals surface area contributed by atoms with Gasteiger partial charge in [-0.25, -0.2) is 19.7 Å². The third kappa shape index (κ3) is 8.57. The molecule has 4 heterocycles. The van der Waals surface area contributed by atoms with Gasteiger partial charge in [-0.05, 0) is 69.0 Å². The number of hydrogen-bond donors (Lipinski definition) is 2. The summed E-state index contributed by atoms with van der Waals surface area (Å²) in [5.74, 6) is 1.90. The van der Waals surface area contributed by atoms with Crippen LogP contribution in [0.4, 0.5) is 22.2 Å². The molecule has 234 valence electrons. The summed E-state index contributed by atoms with van der Waals surface area (Å²) in [6.45, 7) is 8.04. The zero-order valence-corrected chi connectivity index (χ0v) is 26.2. The van der Waals surface area contributed by atoms with Gasteiger partial charge in [0.05, 0.1) is 18.3 Å². The molecule has 0 spiro atoms. The summed E-state index contributed by atoms with van der Waals surface area (Å²) < 4.78 is 5.27. The lowest BCUT2D eigenvalue weighted by molar-refractivity contribution is -0.122. The highest BCUT2D eigenvalue weighted by atomic mass is 35.5. The van der Waals surface area contributed by atoms with Crippen molar-refractivity contribution in [3.63, 3.8) is 0 Å². The second kappa shape index (κ2) is 15.2. The van der Waals surface area contributed by atoms with E-state index in [2.05, 4.69) is 30.4 Å². The Morgan fingerprint density at radius 1 is 1.07 bits per heavy atom. The lowest BCUT2D eigenvalue weighted by atomic mass is 10.1. The van der Waals surface area contributed by atoms with E-state index >= 15 is 0 Å². The van der Waals surface area contributed by atoms with E-state index in [4.69, 9.17) is 21.3 Å². The second-order valence-electron chi connectivity index (χ2n) is 11.5. The number of nitrogens with zero attached hydrogens (tertiary/aromatic N) is 6. The van der Waals surface area contributed by atoms with Crippen LogP contribution < -0.4 is 15.5 Å². The average Bonchev–Trinajstić information content (AvgIpc) is 3.50. The molecule has 1 unspecified atom stereocenters. The molecule has 2 fully saturated rings. The predicted molar refractivity (Wildman–Crippen MR) is 172 cm³/mol. The molecule has 11 nitrogen and oxygen atoms in total. The molecule has 3 aromatic rings. The second-order valence-corrected chi connectivity index (χ2v) is 11.7. The minimum absolute atomic E-state index is 0.0145. The lowest BCUT2D eigenvalue weighted by Gasteiger charge is -2.34. The number of amides is 2. The van der Waals surface area contributed by atoms with Gasteiger partial charge in [-0.2, -0.15) is 0 Å². The number of aromatic nitrogens is 3. The number of carbonyl (C=O) groups excluding carboxylic acids is 2. The molecule has 2 saturated heterocycles. The van der Waals surface area contributed by atoms with Crippen LogP contribution in [0.2, 0.25) is 0 Å². The van der Waals surface area contributed by atoms with E-state index in [-0.39, 0.29) is 18.1 Å². The van der Waals surface area contributed by atoms with Crippen molar-refractivity contribution in [3.8, 4) is 11.3 Å². The molecule has 2 amide bonds. The zero-order chi connectivity index (χ0) is 30.9. The Hall–Kier alpha value is -3.96. The van der Waals surface area contributed by atoms with E-state index in [1.807, 2.05) is 62.5 Å². The molecular weight excluding hydrogens is 580 g/mol.